The number of carbonyl (C=O) groups excluding carboxylic acids is 1. The molecule has 2 aliphatic rings. The second-order valence-corrected chi connectivity index (χ2v) is 5.99. The Hall–Kier alpha value is -1.26. The Morgan fingerprint density at radius 2 is 1.79 bits per heavy atom. The summed E-state index contributed by atoms with van der Waals surface area (Å²) >= 11 is 0. The summed E-state index contributed by atoms with van der Waals surface area (Å²) in [5.74, 6) is 0.198. The van der Waals surface area contributed by atoms with Crippen LogP contribution in [-0.2, 0) is 4.79 Å². The minimum Gasteiger partial charge on any atom is -0.481 e. The molecular weight excluding hydrogens is 244 g/mol. The Labute approximate surface area is 114 Å². The second-order valence-electron chi connectivity index (χ2n) is 5.99. The number of rotatable bonds is 4. The normalized spacial score (nSPS) is 21.0. The number of carboxylic acids is 1. The number of piperidine rings is 1. The summed E-state index contributed by atoms with van der Waals surface area (Å²) in [6.07, 6.45) is 5.66. The van der Waals surface area contributed by atoms with Gasteiger partial charge in [-0.2, -0.15) is 0 Å². The zero-order chi connectivity index (χ0) is 13.8. The fraction of sp³-hybridized carbons (Fsp3) is 0.857. The molecule has 1 heterocycles. The van der Waals surface area contributed by atoms with Crippen LogP contribution in [0, 0.1) is 11.8 Å². The highest BCUT2D eigenvalue weighted by molar-refractivity contribution is 5.74. The number of likely N-dealkylation sites (tertiary alicyclic amines) is 1. The van der Waals surface area contributed by atoms with Crippen molar-refractivity contribution >= 4 is 12.0 Å². The number of nitrogens with zero attached hydrogens (tertiary/aromatic N) is 2. The van der Waals surface area contributed by atoms with Gasteiger partial charge in [-0.15, -0.1) is 0 Å². The monoisotopic (exact) mass is 268 g/mol. The topological polar surface area (TPSA) is 60.9 Å². The van der Waals surface area contributed by atoms with E-state index in [2.05, 4.69) is 0 Å². The lowest BCUT2D eigenvalue weighted by molar-refractivity contribution is -0.138. The quantitative estimate of drug-likeness (QED) is 0.848. The molecule has 2 amide bonds. The molecule has 5 nitrogen and oxygen atoms in total. The van der Waals surface area contributed by atoms with Gasteiger partial charge in [0.25, 0.3) is 0 Å². The first-order chi connectivity index (χ1) is 9.06. The van der Waals surface area contributed by atoms with Crippen LogP contribution in [0.4, 0.5) is 4.79 Å². The predicted molar refractivity (Wildman–Crippen MR) is 71.9 cm³/mol. The number of hydrogen-bond acceptors (Lipinski definition) is 2. The third kappa shape index (κ3) is 3.85. The number of carboxylic acid groups (broad SMARTS) is 1. The summed E-state index contributed by atoms with van der Waals surface area (Å²) in [7, 11) is 1.88. The first-order valence-electron chi connectivity index (χ1n) is 7.28. The van der Waals surface area contributed by atoms with Gasteiger partial charge < -0.3 is 14.9 Å². The first kappa shape index (κ1) is 14.2. The minimum absolute atomic E-state index is 0.112. The Bertz CT molecular complexity index is 334. The molecule has 1 aliphatic heterocycles. The van der Waals surface area contributed by atoms with Crippen LogP contribution < -0.4 is 0 Å². The number of amides is 2. The zero-order valence-electron chi connectivity index (χ0n) is 11.7. The number of aliphatic carboxylic acids is 1. The largest absolute Gasteiger partial charge is 0.481 e. The van der Waals surface area contributed by atoms with Crippen molar-refractivity contribution in [3.63, 3.8) is 0 Å². The van der Waals surface area contributed by atoms with Crippen molar-refractivity contribution < 1.29 is 14.7 Å². The third-order valence-electron chi connectivity index (χ3n) is 4.43. The lowest BCUT2D eigenvalue weighted by Gasteiger charge is -2.36. The minimum atomic E-state index is -0.730. The van der Waals surface area contributed by atoms with Crippen LogP contribution in [0.25, 0.3) is 0 Å². The van der Waals surface area contributed by atoms with Gasteiger partial charge in [-0.25, -0.2) is 4.79 Å². The summed E-state index contributed by atoms with van der Waals surface area (Å²) in [4.78, 5) is 26.6. The van der Waals surface area contributed by atoms with E-state index < -0.39 is 5.97 Å². The molecule has 5 heteroatoms. The Morgan fingerprint density at radius 3 is 2.26 bits per heavy atom. The average molecular weight is 268 g/mol. The fourth-order valence-corrected chi connectivity index (χ4v) is 2.96. The maximum Gasteiger partial charge on any atom is 0.319 e. The lowest BCUT2D eigenvalue weighted by atomic mass is 9.85. The SMILES string of the molecule is CN(CC1CCC1)C(=O)N1CCC(CC(=O)O)CC1. The summed E-state index contributed by atoms with van der Waals surface area (Å²) in [6.45, 7) is 2.27. The van der Waals surface area contributed by atoms with E-state index >= 15 is 0 Å². The van der Waals surface area contributed by atoms with Gasteiger partial charge in [0.05, 0.1) is 0 Å². The first-order valence-corrected chi connectivity index (χ1v) is 7.28. The molecule has 0 radical (unpaired) electrons. The van der Waals surface area contributed by atoms with Crippen LogP contribution in [-0.4, -0.2) is 53.6 Å². The van der Waals surface area contributed by atoms with Gasteiger partial charge in [-0.3, -0.25) is 4.79 Å². The molecule has 1 N–H and O–H groups in total. The Balaban J connectivity index is 1.73. The molecule has 1 aliphatic carbocycles. The van der Waals surface area contributed by atoms with Crippen molar-refractivity contribution in [3.05, 3.63) is 0 Å². The molecule has 0 spiro atoms. The summed E-state index contributed by atoms with van der Waals surface area (Å²) in [5, 5.41) is 8.77. The molecule has 2 fully saturated rings. The van der Waals surface area contributed by atoms with E-state index in [0.717, 1.165) is 19.4 Å². The van der Waals surface area contributed by atoms with E-state index in [1.54, 1.807) is 0 Å². The molecule has 108 valence electrons. The lowest BCUT2D eigenvalue weighted by Crippen LogP contribution is -2.47. The van der Waals surface area contributed by atoms with Gasteiger partial charge in [0.2, 0.25) is 0 Å². The van der Waals surface area contributed by atoms with Crippen molar-refractivity contribution in [3.8, 4) is 0 Å². The van der Waals surface area contributed by atoms with Crippen molar-refractivity contribution in [1.29, 1.82) is 0 Å². The average Bonchev–Trinajstić information content (AvgIpc) is 2.33. The molecular formula is C14H24N2O3. The van der Waals surface area contributed by atoms with Gasteiger partial charge >= 0.3 is 12.0 Å². The highest BCUT2D eigenvalue weighted by atomic mass is 16.4. The molecule has 0 atom stereocenters. The van der Waals surface area contributed by atoms with Gasteiger partial charge in [0.15, 0.2) is 0 Å². The van der Waals surface area contributed by atoms with E-state index in [-0.39, 0.29) is 18.4 Å². The van der Waals surface area contributed by atoms with Crippen LogP contribution in [0.3, 0.4) is 0 Å². The van der Waals surface area contributed by atoms with Gasteiger partial charge in [-0.1, -0.05) is 6.42 Å². The van der Waals surface area contributed by atoms with Crippen molar-refractivity contribution in [2.75, 3.05) is 26.7 Å². The molecule has 0 aromatic rings. The maximum absolute atomic E-state index is 12.2. The molecule has 2 rings (SSSR count). The Kier molecular flexibility index (Phi) is 4.66. The number of urea groups is 1. The van der Waals surface area contributed by atoms with E-state index in [1.165, 1.54) is 19.3 Å². The van der Waals surface area contributed by atoms with Gasteiger partial charge in [0, 0.05) is 33.1 Å². The van der Waals surface area contributed by atoms with Crippen molar-refractivity contribution in [1.82, 2.24) is 9.80 Å². The van der Waals surface area contributed by atoms with Crippen LogP contribution in [0.15, 0.2) is 0 Å². The summed E-state index contributed by atoms with van der Waals surface area (Å²) in [5.41, 5.74) is 0. The van der Waals surface area contributed by atoms with Crippen molar-refractivity contribution in [2.24, 2.45) is 11.8 Å². The maximum atomic E-state index is 12.2. The van der Waals surface area contributed by atoms with Crippen LogP contribution >= 0.6 is 0 Å². The van der Waals surface area contributed by atoms with Crippen molar-refractivity contribution in [2.45, 2.75) is 38.5 Å². The fourth-order valence-electron chi connectivity index (χ4n) is 2.96. The van der Waals surface area contributed by atoms with Gasteiger partial charge in [-0.05, 0) is 37.5 Å². The van der Waals surface area contributed by atoms with E-state index in [1.807, 2.05) is 16.8 Å². The number of hydrogen-bond donors (Lipinski definition) is 1. The predicted octanol–water partition coefficient (Wildman–Crippen LogP) is 2.03. The second kappa shape index (κ2) is 6.26. The molecule has 0 aromatic carbocycles. The molecule has 0 bridgehead atoms. The van der Waals surface area contributed by atoms with Gasteiger partial charge in [0.1, 0.15) is 0 Å². The van der Waals surface area contributed by atoms with Crippen LogP contribution in [0.1, 0.15) is 38.5 Å². The molecule has 1 saturated carbocycles. The highest BCUT2D eigenvalue weighted by Crippen LogP contribution is 2.27. The molecule has 0 unspecified atom stereocenters. The standard InChI is InChI=1S/C14H24N2O3/c1-15(10-12-3-2-4-12)14(19)16-7-5-11(6-8-16)9-13(17)18/h11-12H,2-10H2,1H3,(H,17,18). The summed E-state index contributed by atoms with van der Waals surface area (Å²) < 4.78 is 0. The summed E-state index contributed by atoms with van der Waals surface area (Å²) in [6, 6.07) is 0.112. The Morgan fingerprint density at radius 1 is 1.16 bits per heavy atom. The van der Waals surface area contributed by atoms with E-state index in [9.17, 15) is 9.59 Å². The molecule has 19 heavy (non-hydrogen) atoms. The third-order valence-corrected chi connectivity index (χ3v) is 4.43. The van der Waals surface area contributed by atoms with E-state index in [0.29, 0.717) is 19.0 Å². The zero-order valence-corrected chi connectivity index (χ0v) is 11.7. The van der Waals surface area contributed by atoms with E-state index in [4.69, 9.17) is 5.11 Å². The number of carbonyl (C=O) groups is 2. The molecule has 1 saturated heterocycles. The smallest absolute Gasteiger partial charge is 0.319 e. The van der Waals surface area contributed by atoms with Crippen LogP contribution in [0.2, 0.25) is 0 Å². The van der Waals surface area contributed by atoms with Crippen LogP contribution in [0.5, 0.6) is 0 Å². The highest BCUT2D eigenvalue weighted by Gasteiger charge is 2.28. The molecule has 0 aromatic heterocycles.